The van der Waals surface area contributed by atoms with E-state index < -0.39 is 0 Å². The van der Waals surface area contributed by atoms with Crippen molar-refractivity contribution in [1.82, 2.24) is 0 Å². The van der Waals surface area contributed by atoms with E-state index in [0.717, 1.165) is 22.4 Å². The number of rotatable bonds is 9. The van der Waals surface area contributed by atoms with Crippen molar-refractivity contribution in [1.29, 1.82) is 0 Å². The second-order valence-electron chi connectivity index (χ2n) is 6.44. The average Bonchev–Trinajstić information content (AvgIpc) is 2.70. The van der Waals surface area contributed by atoms with E-state index in [1.54, 1.807) is 37.5 Å². The Morgan fingerprint density at radius 3 is 2.62 bits per heavy atom. The fourth-order valence-corrected chi connectivity index (χ4v) is 2.78. The number of hydrogen-bond acceptors (Lipinski definition) is 4. The van der Waals surface area contributed by atoms with E-state index in [9.17, 15) is 9.59 Å². The van der Waals surface area contributed by atoms with Crippen molar-refractivity contribution in [3.05, 3.63) is 71.8 Å². The van der Waals surface area contributed by atoms with Gasteiger partial charge in [-0.25, -0.2) is 0 Å². The molecule has 0 bridgehead atoms. The third-order valence-electron chi connectivity index (χ3n) is 4.24. The third-order valence-corrected chi connectivity index (χ3v) is 4.24. The predicted octanol–water partition coefficient (Wildman–Crippen LogP) is 4.54. The topological polar surface area (TPSA) is 82.6 Å². The number of anilines is 3. The SMILES string of the molecule is C=C/C=C(\N=CCC(=O)Nc1ccc(NC=O)c(NC)c1)c1cc(C)ccc1C. The van der Waals surface area contributed by atoms with Crippen LogP contribution in [0, 0.1) is 13.8 Å². The van der Waals surface area contributed by atoms with E-state index in [1.165, 1.54) is 0 Å². The number of amides is 2. The first-order valence-electron chi connectivity index (χ1n) is 9.23. The number of nitrogens with zero attached hydrogens (tertiary/aromatic N) is 1. The van der Waals surface area contributed by atoms with Crippen LogP contribution in [0.5, 0.6) is 0 Å². The monoisotopic (exact) mass is 390 g/mol. The van der Waals surface area contributed by atoms with Crippen molar-refractivity contribution >= 4 is 41.3 Å². The Labute approximate surface area is 171 Å². The van der Waals surface area contributed by atoms with Crippen LogP contribution in [-0.2, 0) is 9.59 Å². The molecule has 0 aliphatic rings. The molecule has 0 saturated carbocycles. The van der Waals surface area contributed by atoms with Gasteiger partial charge in [-0.15, -0.1) is 0 Å². The first-order chi connectivity index (χ1) is 14.0. The molecule has 2 aromatic carbocycles. The maximum Gasteiger partial charge on any atom is 0.229 e. The molecule has 0 heterocycles. The number of benzene rings is 2. The minimum atomic E-state index is -0.189. The molecule has 29 heavy (non-hydrogen) atoms. The van der Waals surface area contributed by atoms with E-state index in [-0.39, 0.29) is 12.3 Å². The third kappa shape index (κ3) is 6.17. The molecular formula is C23H26N4O2. The van der Waals surface area contributed by atoms with Gasteiger partial charge in [-0.3, -0.25) is 14.6 Å². The summed E-state index contributed by atoms with van der Waals surface area (Å²) in [6, 6.07) is 11.4. The van der Waals surface area contributed by atoms with Crippen LogP contribution in [0.4, 0.5) is 17.1 Å². The Bertz CT molecular complexity index is 961. The van der Waals surface area contributed by atoms with Gasteiger partial charge in [0.05, 0.1) is 23.5 Å². The second-order valence-corrected chi connectivity index (χ2v) is 6.44. The zero-order valence-corrected chi connectivity index (χ0v) is 17.0. The van der Waals surface area contributed by atoms with Crippen molar-refractivity contribution in [2.75, 3.05) is 23.0 Å². The van der Waals surface area contributed by atoms with Gasteiger partial charge in [0.25, 0.3) is 0 Å². The fraction of sp³-hybridized carbons (Fsp3) is 0.174. The lowest BCUT2D eigenvalue weighted by atomic mass is 10.0. The van der Waals surface area contributed by atoms with Gasteiger partial charge in [0, 0.05) is 24.5 Å². The highest BCUT2D eigenvalue weighted by molar-refractivity contribution is 6.00. The minimum absolute atomic E-state index is 0.128. The van der Waals surface area contributed by atoms with Crippen molar-refractivity contribution in [2.24, 2.45) is 4.99 Å². The number of nitrogens with one attached hydrogen (secondary N) is 3. The molecule has 2 rings (SSSR count). The van der Waals surface area contributed by atoms with E-state index >= 15 is 0 Å². The molecule has 2 amide bonds. The minimum Gasteiger partial charge on any atom is -0.386 e. The van der Waals surface area contributed by atoms with Crippen molar-refractivity contribution in [3.63, 3.8) is 0 Å². The second kappa shape index (κ2) is 10.6. The molecule has 150 valence electrons. The lowest BCUT2D eigenvalue weighted by Gasteiger charge is -2.11. The Hall–Kier alpha value is -3.67. The first-order valence-corrected chi connectivity index (χ1v) is 9.23. The summed E-state index contributed by atoms with van der Waals surface area (Å²) >= 11 is 0. The van der Waals surface area contributed by atoms with Crippen molar-refractivity contribution < 1.29 is 9.59 Å². The molecule has 0 unspecified atom stereocenters. The summed E-state index contributed by atoms with van der Waals surface area (Å²) in [6.45, 7) is 7.80. The summed E-state index contributed by atoms with van der Waals surface area (Å²) in [6.07, 6.45) is 5.84. The van der Waals surface area contributed by atoms with Gasteiger partial charge in [0.1, 0.15) is 0 Å². The summed E-state index contributed by atoms with van der Waals surface area (Å²) in [5, 5.41) is 8.40. The molecule has 0 aliphatic carbocycles. The van der Waals surface area contributed by atoms with Gasteiger partial charge in [0.15, 0.2) is 0 Å². The Morgan fingerprint density at radius 2 is 1.93 bits per heavy atom. The summed E-state index contributed by atoms with van der Waals surface area (Å²) in [4.78, 5) is 27.4. The van der Waals surface area contributed by atoms with E-state index in [1.807, 2.05) is 26.0 Å². The summed E-state index contributed by atoms with van der Waals surface area (Å²) in [5.74, 6) is -0.189. The summed E-state index contributed by atoms with van der Waals surface area (Å²) < 4.78 is 0. The normalized spacial score (nSPS) is 11.2. The molecule has 2 aromatic rings. The fourth-order valence-electron chi connectivity index (χ4n) is 2.78. The molecule has 0 radical (unpaired) electrons. The molecular weight excluding hydrogens is 364 g/mol. The van der Waals surface area contributed by atoms with Crippen LogP contribution in [0.15, 0.2) is 60.1 Å². The van der Waals surface area contributed by atoms with E-state index in [0.29, 0.717) is 23.5 Å². The smallest absolute Gasteiger partial charge is 0.229 e. The van der Waals surface area contributed by atoms with Crippen LogP contribution < -0.4 is 16.0 Å². The molecule has 0 aromatic heterocycles. The van der Waals surface area contributed by atoms with E-state index in [4.69, 9.17) is 0 Å². The molecule has 0 fully saturated rings. The quantitative estimate of drug-likeness (QED) is 0.334. The highest BCUT2D eigenvalue weighted by atomic mass is 16.1. The molecule has 6 nitrogen and oxygen atoms in total. The zero-order valence-electron chi connectivity index (χ0n) is 17.0. The van der Waals surface area contributed by atoms with Crippen molar-refractivity contribution in [3.8, 4) is 0 Å². The standard InChI is InChI=1S/C23H26N4O2/c1-5-6-20(19-13-16(2)7-8-17(19)3)25-12-11-23(29)27-18-9-10-21(26-15-28)22(14-18)24-4/h5-10,12-15,24H,1,11H2,2-4H3,(H,26,28)(H,27,29)/b20-6-,25-12?. The maximum absolute atomic E-state index is 12.3. The van der Waals surface area contributed by atoms with Gasteiger partial charge < -0.3 is 16.0 Å². The Morgan fingerprint density at radius 1 is 1.14 bits per heavy atom. The van der Waals surface area contributed by atoms with Crippen LogP contribution in [0.1, 0.15) is 23.1 Å². The van der Waals surface area contributed by atoms with Crippen molar-refractivity contribution in [2.45, 2.75) is 20.3 Å². The Balaban J connectivity index is 2.07. The first kappa shape index (κ1) is 21.6. The number of allylic oxidation sites excluding steroid dienone is 2. The number of carbonyl (C=O) groups excluding carboxylic acids is 2. The van der Waals surface area contributed by atoms with Crippen LogP contribution in [0.2, 0.25) is 0 Å². The molecule has 0 saturated heterocycles. The predicted molar refractivity (Wildman–Crippen MR) is 122 cm³/mol. The largest absolute Gasteiger partial charge is 0.386 e. The van der Waals surface area contributed by atoms with Crippen LogP contribution in [-0.4, -0.2) is 25.6 Å². The van der Waals surface area contributed by atoms with Gasteiger partial charge in [-0.2, -0.15) is 0 Å². The highest BCUT2D eigenvalue weighted by Crippen LogP contribution is 2.25. The van der Waals surface area contributed by atoms with Gasteiger partial charge in [0.2, 0.25) is 12.3 Å². The summed E-state index contributed by atoms with van der Waals surface area (Å²) in [5.41, 5.74) is 5.98. The van der Waals surface area contributed by atoms with E-state index in [2.05, 4.69) is 39.7 Å². The molecule has 0 atom stereocenters. The van der Waals surface area contributed by atoms with Crippen LogP contribution in [0.25, 0.3) is 5.70 Å². The van der Waals surface area contributed by atoms with Gasteiger partial charge in [-0.05, 0) is 49.8 Å². The highest BCUT2D eigenvalue weighted by Gasteiger charge is 2.07. The van der Waals surface area contributed by atoms with Gasteiger partial charge >= 0.3 is 0 Å². The lowest BCUT2D eigenvalue weighted by molar-refractivity contribution is -0.115. The molecule has 0 aliphatic heterocycles. The molecule has 3 N–H and O–H groups in total. The molecule has 0 spiro atoms. The zero-order chi connectivity index (χ0) is 21.2. The number of aryl methyl sites for hydroxylation is 2. The lowest BCUT2D eigenvalue weighted by Crippen LogP contribution is -2.12. The maximum atomic E-state index is 12.3. The van der Waals surface area contributed by atoms with Gasteiger partial charge in [-0.1, -0.05) is 30.4 Å². The number of aliphatic imine (C=N–C) groups is 1. The summed E-state index contributed by atoms with van der Waals surface area (Å²) in [7, 11) is 1.74. The number of hydrogen-bond donors (Lipinski definition) is 3. The number of carbonyl (C=O) groups is 2. The Kier molecular flexibility index (Phi) is 7.91. The average molecular weight is 390 g/mol. The molecule has 6 heteroatoms. The van der Waals surface area contributed by atoms with Crippen LogP contribution >= 0.6 is 0 Å². The van der Waals surface area contributed by atoms with Crippen LogP contribution in [0.3, 0.4) is 0 Å².